The molecule has 94 valence electrons. The van der Waals surface area contributed by atoms with Crippen LogP contribution < -0.4 is 0 Å². The zero-order valence-corrected chi connectivity index (χ0v) is 12.7. The number of para-hydroxylation sites is 1. The molecule has 0 aliphatic rings. The van der Waals surface area contributed by atoms with Crippen LogP contribution in [0.3, 0.4) is 0 Å². The molecule has 3 nitrogen and oxygen atoms in total. The van der Waals surface area contributed by atoms with Crippen molar-refractivity contribution in [3.05, 3.63) is 34.4 Å². The fraction of sp³-hybridized carbons (Fsp3) is 0.455. The number of nitro benzene ring substituents is 1. The van der Waals surface area contributed by atoms with Gasteiger partial charge in [-0.3, -0.25) is 10.1 Å². The van der Waals surface area contributed by atoms with Crippen molar-refractivity contribution in [2.45, 2.75) is 29.4 Å². The Labute approximate surface area is 112 Å². The topological polar surface area (TPSA) is 43.1 Å². The molecule has 1 unspecified atom stereocenters. The quantitative estimate of drug-likeness (QED) is 0.269. The SMILES string of the molecule is C[Si](C)(C)C(CCl)Sc1ccccc1[N+](=O)[O-]. The predicted molar refractivity (Wildman–Crippen MR) is 76.8 cm³/mol. The Balaban J connectivity index is 2.98. The standard InChI is InChI=1S/C11H16ClNO2SSi/c1-17(2,3)11(8-12)16-10-7-5-4-6-9(10)13(14)15/h4-7,11H,8H2,1-3H3. The lowest BCUT2D eigenvalue weighted by atomic mass is 10.3. The third kappa shape index (κ3) is 4.01. The molecular weight excluding hydrogens is 274 g/mol. The van der Waals surface area contributed by atoms with E-state index in [4.69, 9.17) is 11.6 Å². The van der Waals surface area contributed by atoms with Crippen molar-refractivity contribution in [2.75, 3.05) is 5.88 Å². The molecule has 1 aromatic carbocycles. The summed E-state index contributed by atoms with van der Waals surface area (Å²) in [7, 11) is -1.42. The molecule has 6 heteroatoms. The van der Waals surface area contributed by atoms with Gasteiger partial charge in [0.2, 0.25) is 0 Å². The summed E-state index contributed by atoms with van der Waals surface area (Å²) in [5.74, 6) is 0.534. The maximum Gasteiger partial charge on any atom is 0.282 e. The Kier molecular flexibility index (Phi) is 5.03. The highest BCUT2D eigenvalue weighted by atomic mass is 35.5. The van der Waals surface area contributed by atoms with Gasteiger partial charge < -0.3 is 0 Å². The number of alkyl halides is 1. The summed E-state index contributed by atoms with van der Waals surface area (Å²) in [6.45, 7) is 6.67. The largest absolute Gasteiger partial charge is 0.282 e. The average molecular weight is 290 g/mol. The molecule has 0 bridgehead atoms. The van der Waals surface area contributed by atoms with E-state index in [1.54, 1.807) is 12.1 Å². The van der Waals surface area contributed by atoms with Gasteiger partial charge >= 0.3 is 0 Å². The molecule has 0 saturated heterocycles. The monoisotopic (exact) mass is 289 g/mol. The Morgan fingerprint density at radius 2 is 2.00 bits per heavy atom. The van der Waals surface area contributed by atoms with E-state index in [1.807, 2.05) is 6.07 Å². The molecule has 0 saturated carbocycles. The van der Waals surface area contributed by atoms with Gasteiger partial charge in [-0.2, -0.15) is 0 Å². The lowest BCUT2D eigenvalue weighted by molar-refractivity contribution is -0.387. The second-order valence-electron chi connectivity index (χ2n) is 4.85. The Morgan fingerprint density at radius 1 is 1.41 bits per heavy atom. The number of rotatable bonds is 5. The van der Waals surface area contributed by atoms with E-state index < -0.39 is 8.07 Å². The van der Waals surface area contributed by atoms with Crippen LogP contribution in [0.25, 0.3) is 0 Å². The van der Waals surface area contributed by atoms with E-state index in [-0.39, 0.29) is 15.5 Å². The van der Waals surface area contributed by atoms with Gasteiger partial charge in [-0.1, -0.05) is 31.8 Å². The van der Waals surface area contributed by atoms with Crippen LogP contribution in [0, 0.1) is 10.1 Å². The summed E-state index contributed by atoms with van der Waals surface area (Å²) in [6.07, 6.45) is 0. The third-order valence-electron chi connectivity index (χ3n) is 2.44. The average Bonchev–Trinajstić information content (AvgIpc) is 2.24. The number of halogens is 1. The molecule has 0 aromatic heterocycles. The molecule has 0 N–H and O–H groups in total. The molecule has 0 radical (unpaired) electrons. The maximum atomic E-state index is 10.9. The molecule has 17 heavy (non-hydrogen) atoms. The minimum Gasteiger partial charge on any atom is -0.258 e. The van der Waals surface area contributed by atoms with Crippen molar-refractivity contribution < 1.29 is 4.92 Å². The van der Waals surface area contributed by atoms with E-state index >= 15 is 0 Å². The normalized spacial score (nSPS) is 13.4. The zero-order chi connectivity index (χ0) is 13.1. The summed E-state index contributed by atoms with van der Waals surface area (Å²) < 4.78 is 0. The van der Waals surface area contributed by atoms with Crippen molar-refractivity contribution in [1.29, 1.82) is 0 Å². The number of thioether (sulfide) groups is 1. The van der Waals surface area contributed by atoms with Crippen molar-refractivity contribution in [2.24, 2.45) is 0 Å². The first-order valence-electron chi connectivity index (χ1n) is 5.32. The lowest BCUT2D eigenvalue weighted by Crippen LogP contribution is -2.37. The summed E-state index contributed by atoms with van der Waals surface area (Å²) in [6, 6.07) is 6.84. The molecule has 1 atom stereocenters. The van der Waals surface area contributed by atoms with Crippen LogP contribution in [-0.4, -0.2) is 23.8 Å². The Hall–Kier alpha value is -0.523. The minimum absolute atomic E-state index is 0.172. The minimum atomic E-state index is -1.42. The highest BCUT2D eigenvalue weighted by Crippen LogP contribution is 2.35. The van der Waals surface area contributed by atoms with Crippen molar-refractivity contribution in [1.82, 2.24) is 0 Å². The molecule has 0 spiro atoms. The van der Waals surface area contributed by atoms with Crippen LogP contribution in [0.15, 0.2) is 29.2 Å². The molecule has 0 aliphatic carbocycles. The molecule has 0 fully saturated rings. The summed E-state index contributed by atoms with van der Waals surface area (Å²) in [5.41, 5.74) is 0.172. The second kappa shape index (κ2) is 5.89. The van der Waals surface area contributed by atoms with Gasteiger partial charge in [0.15, 0.2) is 0 Å². The highest BCUT2D eigenvalue weighted by Gasteiger charge is 2.29. The number of benzene rings is 1. The van der Waals surface area contributed by atoms with E-state index in [1.165, 1.54) is 17.8 Å². The predicted octanol–water partition coefficient (Wildman–Crippen LogP) is 4.17. The first-order valence-corrected chi connectivity index (χ1v) is 10.3. The van der Waals surface area contributed by atoms with Crippen LogP contribution >= 0.6 is 23.4 Å². The third-order valence-corrected chi connectivity index (χ3v) is 8.85. The molecule has 0 amide bonds. The first kappa shape index (κ1) is 14.5. The summed E-state index contributed by atoms with van der Waals surface area (Å²) in [4.78, 5) is 11.6. The molecule has 0 aliphatic heterocycles. The van der Waals surface area contributed by atoms with E-state index in [0.717, 1.165) is 0 Å². The molecule has 0 heterocycles. The van der Waals surface area contributed by atoms with E-state index in [2.05, 4.69) is 19.6 Å². The van der Waals surface area contributed by atoms with Crippen LogP contribution in [-0.2, 0) is 0 Å². The maximum absolute atomic E-state index is 10.9. The fourth-order valence-corrected chi connectivity index (χ4v) is 5.93. The first-order chi connectivity index (χ1) is 7.86. The molecule has 1 rings (SSSR count). The van der Waals surface area contributed by atoms with Gasteiger partial charge in [-0.05, 0) is 6.07 Å². The number of nitrogens with zero attached hydrogens (tertiary/aromatic N) is 1. The van der Waals surface area contributed by atoms with Crippen LogP contribution in [0.2, 0.25) is 19.6 Å². The van der Waals surface area contributed by atoms with Gasteiger partial charge in [0.1, 0.15) is 0 Å². The van der Waals surface area contributed by atoms with Crippen molar-refractivity contribution in [3.8, 4) is 0 Å². The summed E-state index contributed by atoms with van der Waals surface area (Å²) >= 11 is 7.52. The fourth-order valence-electron chi connectivity index (χ4n) is 1.30. The van der Waals surface area contributed by atoms with E-state index in [9.17, 15) is 10.1 Å². The van der Waals surface area contributed by atoms with E-state index in [0.29, 0.717) is 10.8 Å². The molecular formula is C11H16ClNO2SSi. The Bertz CT molecular complexity index is 409. The molecule has 1 aromatic rings. The van der Waals surface area contributed by atoms with Crippen LogP contribution in [0.5, 0.6) is 0 Å². The number of hydrogen-bond donors (Lipinski definition) is 0. The van der Waals surface area contributed by atoms with Gasteiger partial charge in [0.25, 0.3) is 5.69 Å². The number of nitro groups is 1. The number of hydrogen-bond acceptors (Lipinski definition) is 3. The van der Waals surface area contributed by atoms with Crippen LogP contribution in [0.4, 0.5) is 5.69 Å². The van der Waals surface area contributed by atoms with Crippen molar-refractivity contribution >= 4 is 37.1 Å². The highest BCUT2D eigenvalue weighted by molar-refractivity contribution is 8.01. The lowest BCUT2D eigenvalue weighted by Gasteiger charge is -2.26. The smallest absolute Gasteiger partial charge is 0.258 e. The Morgan fingerprint density at radius 3 is 2.47 bits per heavy atom. The zero-order valence-electron chi connectivity index (χ0n) is 10.1. The van der Waals surface area contributed by atoms with Gasteiger partial charge in [0.05, 0.1) is 17.9 Å². The van der Waals surface area contributed by atoms with Crippen LogP contribution in [0.1, 0.15) is 0 Å². The van der Waals surface area contributed by atoms with Gasteiger partial charge in [-0.15, -0.1) is 23.4 Å². The van der Waals surface area contributed by atoms with Gasteiger partial charge in [0, 0.05) is 16.8 Å². The van der Waals surface area contributed by atoms with Gasteiger partial charge in [-0.25, -0.2) is 0 Å². The second-order valence-corrected chi connectivity index (χ2v) is 12.3. The van der Waals surface area contributed by atoms with Crippen molar-refractivity contribution in [3.63, 3.8) is 0 Å². The summed E-state index contributed by atoms with van der Waals surface area (Å²) in [5, 5.41) is 10.9.